The number of aromatic nitrogens is 2. The van der Waals surface area contributed by atoms with Crippen molar-refractivity contribution < 1.29 is 14.3 Å². The van der Waals surface area contributed by atoms with Crippen LogP contribution in [0.4, 0.5) is 17.2 Å². The molecule has 2 aliphatic heterocycles. The van der Waals surface area contributed by atoms with Gasteiger partial charge in [-0.05, 0) is 37.1 Å². The van der Waals surface area contributed by atoms with E-state index in [2.05, 4.69) is 31.8 Å². The summed E-state index contributed by atoms with van der Waals surface area (Å²) in [4.78, 5) is 14.5. The lowest BCUT2D eigenvalue weighted by Gasteiger charge is -2.30. The van der Waals surface area contributed by atoms with Crippen LogP contribution in [0.5, 0.6) is 0 Å². The van der Waals surface area contributed by atoms with Crippen molar-refractivity contribution in [3.05, 3.63) is 42.1 Å². The number of morpholine rings is 1. The topological polar surface area (TPSA) is 88.6 Å². The molecule has 8 nitrogen and oxygen atoms in total. The smallest absolute Gasteiger partial charge is 0.271 e. The highest BCUT2D eigenvalue weighted by Crippen LogP contribution is 2.28. The molecule has 148 valence electrons. The van der Waals surface area contributed by atoms with Gasteiger partial charge in [0, 0.05) is 26.2 Å². The second-order valence-corrected chi connectivity index (χ2v) is 6.89. The monoisotopic (exact) mass is 383 g/mol. The molecule has 0 bridgehead atoms. The predicted molar refractivity (Wildman–Crippen MR) is 106 cm³/mol. The third-order valence-electron chi connectivity index (χ3n) is 4.93. The van der Waals surface area contributed by atoms with Crippen LogP contribution in [0.15, 0.2) is 36.4 Å². The lowest BCUT2D eigenvalue weighted by Crippen LogP contribution is -2.36. The maximum Gasteiger partial charge on any atom is 0.271 e. The van der Waals surface area contributed by atoms with E-state index in [9.17, 15) is 4.79 Å². The van der Waals surface area contributed by atoms with Crippen molar-refractivity contribution in [1.82, 2.24) is 15.5 Å². The molecule has 1 aromatic heterocycles. The van der Waals surface area contributed by atoms with Gasteiger partial charge in [0.25, 0.3) is 5.91 Å². The van der Waals surface area contributed by atoms with E-state index in [-0.39, 0.29) is 12.0 Å². The summed E-state index contributed by atoms with van der Waals surface area (Å²) in [6, 6.07) is 11.5. The molecule has 0 saturated carbocycles. The van der Waals surface area contributed by atoms with Crippen molar-refractivity contribution in [1.29, 1.82) is 0 Å². The van der Waals surface area contributed by atoms with E-state index in [1.807, 2.05) is 18.2 Å². The highest BCUT2D eigenvalue weighted by molar-refractivity contribution is 5.92. The molecule has 1 unspecified atom stereocenters. The zero-order valence-corrected chi connectivity index (χ0v) is 15.8. The SMILES string of the molecule is O=C(NCC1CCCO1)c1ccc(Nc2ccccc2N2CCOCC2)nn1. The fourth-order valence-electron chi connectivity index (χ4n) is 3.42. The number of nitrogens with one attached hydrogen (secondary N) is 2. The number of nitrogens with zero attached hydrogens (tertiary/aromatic N) is 3. The maximum atomic E-state index is 12.2. The summed E-state index contributed by atoms with van der Waals surface area (Å²) in [5.41, 5.74) is 2.35. The largest absolute Gasteiger partial charge is 0.378 e. The summed E-state index contributed by atoms with van der Waals surface area (Å²) in [6.07, 6.45) is 2.14. The summed E-state index contributed by atoms with van der Waals surface area (Å²) in [6.45, 7) is 4.44. The molecule has 1 amide bonds. The van der Waals surface area contributed by atoms with Gasteiger partial charge in [-0.15, -0.1) is 10.2 Å². The number of amides is 1. The maximum absolute atomic E-state index is 12.2. The van der Waals surface area contributed by atoms with Gasteiger partial charge in [0.05, 0.1) is 30.7 Å². The Morgan fingerprint density at radius 2 is 1.96 bits per heavy atom. The number of carbonyl (C=O) groups excluding carboxylic acids is 1. The zero-order valence-electron chi connectivity index (χ0n) is 15.8. The van der Waals surface area contributed by atoms with Crippen molar-refractivity contribution in [3.63, 3.8) is 0 Å². The van der Waals surface area contributed by atoms with Gasteiger partial charge in [-0.25, -0.2) is 0 Å². The molecule has 2 aromatic rings. The van der Waals surface area contributed by atoms with Crippen LogP contribution < -0.4 is 15.5 Å². The van der Waals surface area contributed by atoms with Gasteiger partial charge < -0.3 is 25.0 Å². The van der Waals surface area contributed by atoms with Gasteiger partial charge in [-0.3, -0.25) is 4.79 Å². The Labute approximate surface area is 164 Å². The van der Waals surface area contributed by atoms with Crippen molar-refractivity contribution in [2.75, 3.05) is 49.7 Å². The highest BCUT2D eigenvalue weighted by atomic mass is 16.5. The molecule has 0 spiro atoms. The third kappa shape index (κ3) is 4.58. The van der Waals surface area contributed by atoms with E-state index in [1.54, 1.807) is 12.1 Å². The molecule has 3 heterocycles. The number of ether oxygens (including phenoxy) is 2. The summed E-state index contributed by atoms with van der Waals surface area (Å²) in [5, 5.41) is 14.4. The number of anilines is 3. The molecule has 0 radical (unpaired) electrons. The highest BCUT2D eigenvalue weighted by Gasteiger charge is 2.18. The van der Waals surface area contributed by atoms with Gasteiger partial charge in [0.1, 0.15) is 0 Å². The lowest BCUT2D eigenvalue weighted by molar-refractivity contribution is 0.0853. The molecule has 0 aliphatic carbocycles. The van der Waals surface area contributed by atoms with Crippen molar-refractivity contribution in [2.24, 2.45) is 0 Å². The molecular formula is C20H25N5O3. The van der Waals surface area contributed by atoms with Crippen LogP contribution in [-0.2, 0) is 9.47 Å². The van der Waals surface area contributed by atoms with Crippen LogP contribution in [-0.4, -0.2) is 61.7 Å². The lowest BCUT2D eigenvalue weighted by atomic mass is 10.2. The Balaban J connectivity index is 1.38. The Kier molecular flexibility index (Phi) is 5.98. The molecule has 2 saturated heterocycles. The zero-order chi connectivity index (χ0) is 19.2. The van der Waals surface area contributed by atoms with Gasteiger partial charge in [-0.2, -0.15) is 0 Å². The Hall–Kier alpha value is -2.71. The fraction of sp³-hybridized carbons (Fsp3) is 0.450. The minimum Gasteiger partial charge on any atom is -0.378 e. The first-order chi connectivity index (χ1) is 13.8. The summed E-state index contributed by atoms with van der Waals surface area (Å²) in [7, 11) is 0. The van der Waals surface area contributed by atoms with Crippen molar-refractivity contribution >= 4 is 23.1 Å². The van der Waals surface area contributed by atoms with E-state index in [0.29, 0.717) is 18.1 Å². The Morgan fingerprint density at radius 3 is 2.71 bits per heavy atom. The number of hydrogen-bond acceptors (Lipinski definition) is 7. The van der Waals surface area contributed by atoms with Gasteiger partial charge in [-0.1, -0.05) is 12.1 Å². The molecule has 1 atom stereocenters. The summed E-state index contributed by atoms with van der Waals surface area (Å²) in [5.74, 6) is 0.361. The average molecular weight is 383 g/mol. The van der Waals surface area contributed by atoms with E-state index in [1.165, 1.54) is 0 Å². The summed E-state index contributed by atoms with van der Waals surface area (Å²) >= 11 is 0. The minimum absolute atomic E-state index is 0.106. The molecular weight excluding hydrogens is 358 g/mol. The number of para-hydroxylation sites is 2. The van der Waals surface area contributed by atoms with Crippen LogP contribution in [0.25, 0.3) is 0 Å². The average Bonchev–Trinajstić information content (AvgIpc) is 3.27. The second-order valence-electron chi connectivity index (χ2n) is 6.89. The molecule has 2 fully saturated rings. The fourth-order valence-corrected chi connectivity index (χ4v) is 3.42. The van der Waals surface area contributed by atoms with E-state index in [4.69, 9.17) is 9.47 Å². The van der Waals surface area contributed by atoms with Crippen LogP contribution in [0, 0.1) is 0 Å². The Bertz CT molecular complexity index is 787. The molecule has 2 aliphatic rings. The normalized spacial score (nSPS) is 19.4. The van der Waals surface area contributed by atoms with E-state index in [0.717, 1.165) is 57.1 Å². The second kappa shape index (κ2) is 8.99. The minimum atomic E-state index is -0.233. The standard InChI is InChI=1S/C20H25N5O3/c26-20(21-14-15-4-3-11-28-15)17-7-8-19(24-23-17)22-16-5-1-2-6-18(16)25-9-12-27-13-10-25/h1-2,5-8,15H,3-4,9-14H2,(H,21,26)(H,22,24). The number of rotatable bonds is 6. The van der Waals surface area contributed by atoms with Crippen LogP contribution in [0.3, 0.4) is 0 Å². The van der Waals surface area contributed by atoms with Crippen LogP contribution in [0.2, 0.25) is 0 Å². The predicted octanol–water partition coefficient (Wildman–Crippen LogP) is 1.97. The number of hydrogen-bond donors (Lipinski definition) is 2. The number of benzene rings is 1. The van der Waals surface area contributed by atoms with E-state index >= 15 is 0 Å². The van der Waals surface area contributed by atoms with Crippen LogP contribution in [0.1, 0.15) is 23.3 Å². The third-order valence-corrected chi connectivity index (χ3v) is 4.93. The molecule has 4 rings (SSSR count). The number of carbonyl (C=O) groups is 1. The molecule has 1 aromatic carbocycles. The van der Waals surface area contributed by atoms with Gasteiger partial charge in [0.15, 0.2) is 11.5 Å². The first-order valence-corrected chi connectivity index (χ1v) is 9.72. The van der Waals surface area contributed by atoms with E-state index < -0.39 is 0 Å². The molecule has 2 N–H and O–H groups in total. The first-order valence-electron chi connectivity index (χ1n) is 9.72. The Morgan fingerprint density at radius 1 is 1.11 bits per heavy atom. The quantitative estimate of drug-likeness (QED) is 0.788. The van der Waals surface area contributed by atoms with Gasteiger partial charge in [0.2, 0.25) is 0 Å². The first kappa shape index (κ1) is 18.6. The van der Waals surface area contributed by atoms with Crippen LogP contribution >= 0.6 is 0 Å². The van der Waals surface area contributed by atoms with Crippen molar-refractivity contribution in [3.8, 4) is 0 Å². The van der Waals surface area contributed by atoms with Crippen molar-refractivity contribution in [2.45, 2.75) is 18.9 Å². The summed E-state index contributed by atoms with van der Waals surface area (Å²) < 4.78 is 11.0. The molecule has 28 heavy (non-hydrogen) atoms. The van der Waals surface area contributed by atoms with Gasteiger partial charge >= 0.3 is 0 Å². The molecule has 8 heteroatoms.